The Hall–Kier alpha value is -3.93. The quantitative estimate of drug-likeness (QED) is 0.435. The summed E-state index contributed by atoms with van der Waals surface area (Å²) in [6, 6.07) is 8.23. The predicted molar refractivity (Wildman–Crippen MR) is 128 cm³/mol. The van der Waals surface area contributed by atoms with Crippen molar-refractivity contribution in [1.29, 1.82) is 0 Å². The highest BCUT2D eigenvalue weighted by Crippen LogP contribution is 2.21. The van der Waals surface area contributed by atoms with E-state index in [1.54, 1.807) is 35.1 Å². The molecule has 0 bridgehead atoms. The summed E-state index contributed by atoms with van der Waals surface area (Å²) in [5, 5.41) is 7.69. The van der Waals surface area contributed by atoms with Gasteiger partial charge in [0.25, 0.3) is 0 Å². The summed E-state index contributed by atoms with van der Waals surface area (Å²) >= 11 is 1.53. The van der Waals surface area contributed by atoms with Crippen molar-refractivity contribution >= 4 is 34.6 Å². The van der Waals surface area contributed by atoms with Crippen molar-refractivity contribution < 1.29 is 13.9 Å². The molecule has 0 fully saturated rings. The van der Waals surface area contributed by atoms with E-state index < -0.39 is 6.09 Å². The Morgan fingerprint density at radius 3 is 2.85 bits per heavy atom. The number of alkyl carbamates (subject to hydrolysis) is 1. The number of hydrogen-bond donors (Lipinski definition) is 3. The molecule has 1 amide bonds. The minimum atomic E-state index is -0.753. The number of nitrogens with two attached hydrogens (primary N) is 2. The Balaban J connectivity index is 2.00. The maximum absolute atomic E-state index is 14.3. The lowest BCUT2D eigenvalue weighted by Crippen LogP contribution is -2.32. The van der Waals surface area contributed by atoms with E-state index in [-0.39, 0.29) is 29.7 Å². The molecule has 172 valence electrons. The molecule has 0 saturated carbocycles. The maximum atomic E-state index is 14.3. The van der Waals surface area contributed by atoms with Gasteiger partial charge in [0.1, 0.15) is 22.3 Å². The molecule has 1 aliphatic rings. The fourth-order valence-corrected chi connectivity index (χ4v) is 3.61. The van der Waals surface area contributed by atoms with Crippen LogP contribution >= 0.6 is 11.8 Å². The van der Waals surface area contributed by atoms with Gasteiger partial charge in [-0.25, -0.2) is 19.2 Å². The van der Waals surface area contributed by atoms with E-state index in [4.69, 9.17) is 11.5 Å². The number of hydrogen-bond acceptors (Lipinski definition) is 7. The first-order valence-corrected chi connectivity index (χ1v) is 10.7. The van der Waals surface area contributed by atoms with Gasteiger partial charge < -0.3 is 16.2 Å². The molecule has 0 atom stereocenters. The number of benzene rings is 1. The molecule has 0 spiro atoms. The van der Waals surface area contributed by atoms with Crippen LogP contribution in [0.4, 0.5) is 9.18 Å². The minimum Gasteiger partial charge on any atom is -0.453 e. The second-order valence-electron chi connectivity index (χ2n) is 6.54. The lowest BCUT2D eigenvalue weighted by atomic mass is 10.2. The number of halogens is 1. The Morgan fingerprint density at radius 1 is 1.42 bits per heavy atom. The highest BCUT2D eigenvalue weighted by atomic mass is 32.2. The first-order chi connectivity index (χ1) is 16.0. The number of carbonyl (C=O) groups is 1. The lowest BCUT2D eigenvalue weighted by Gasteiger charge is -2.11. The molecule has 12 heteroatoms. The van der Waals surface area contributed by atoms with Crippen LogP contribution in [0.3, 0.4) is 0 Å². The molecule has 10 nitrogen and oxygen atoms in total. The molecule has 33 heavy (non-hydrogen) atoms. The van der Waals surface area contributed by atoms with Gasteiger partial charge in [0.15, 0.2) is 11.7 Å². The van der Waals surface area contributed by atoms with Crippen LogP contribution in [0.1, 0.15) is 17.0 Å². The van der Waals surface area contributed by atoms with Gasteiger partial charge in [0.05, 0.1) is 19.3 Å². The van der Waals surface area contributed by atoms with Crippen LogP contribution in [0.25, 0.3) is 0 Å². The van der Waals surface area contributed by atoms with Crippen LogP contribution in [0.15, 0.2) is 69.5 Å². The van der Waals surface area contributed by atoms with Crippen molar-refractivity contribution in [3.8, 4) is 0 Å². The van der Waals surface area contributed by atoms with Crippen molar-refractivity contribution in [2.75, 3.05) is 19.9 Å². The summed E-state index contributed by atoms with van der Waals surface area (Å²) in [6.07, 6.45) is 3.99. The summed E-state index contributed by atoms with van der Waals surface area (Å²) in [5.41, 5.74) is 13.1. The van der Waals surface area contributed by atoms with E-state index in [1.165, 1.54) is 32.0 Å². The number of nitrogens with zero attached hydrogens (tertiary/aromatic N) is 5. The van der Waals surface area contributed by atoms with Crippen LogP contribution in [-0.2, 0) is 11.3 Å². The molecule has 0 radical (unpaired) electrons. The Bertz CT molecular complexity index is 1180. The molecule has 0 unspecified atom stereocenters. The van der Waals surface area contributed by atoms with E-state index in [0.717, 1.165) is 17.0 Å². The third-order valence-corrected chi connectivity index (χ3v) is 5.37. The van der Waals surface area contributed by atoms with Gasteiger partial charge in [0, 0.05) is 30.8 Å². The highest BCUT2D eigenvalue weighted by Gasteiger charge is 2.19. The van der Waals surface area contributed by atoms with Crippen LogP contribution in [-0.4, -0.2) is 52.5 Å². The van der Waals surface area contributed by atoms with Crippen molar-refractivity contribution in [2.45, 2.75) is 6.54 Å². The number of aromatic nitrogens is 2. The normalized spacial score (nSPS) is 14.8. The average Bonchev–Trinajstić information content (AvgIpc) is 3.26. The number of thioether (sulfide) groups is 1. The third-order valence-electron chi connectivity index (χ3n) is 4.42. The van der Waals surface area contributed by atoms with E-state index in [2.05, 4.69) is 30.1 Å². The van der Waals surface area contributed by atoms with E-state index in [0.29, 0.717) is 17.0 Å². The van der Waals surface area contributed by atoms with Gasteiger partial charge in [-0.1, -0.05) is 24.3 Å². The van der Waals surface area contributed by atoms with Gasteiger partial charge >= 0.3 is 6.09 Å². The first kappa shape index (κ1) is 23.7. The number of aliphatic imine (C=N–C) groups is 3. The second-order valence-corrected chi connectivity index (χ2v) is 7.54. The average molecular weight is 471 g/mol. The molecule has 1 aromatic heterocycles. The number of ether oxygens (including phenoxy) is 1. The topological polar surface area (TPSA) is 145 Å². The van der Waals surface area contributed by atoms with Crippen LogP contribution in [0.5, 0.6) is 0 Å². The fourth-order valence-electron chi connectivity index (χ4n) is 2.82. The number of amidine groups is 2. The van der Waals surface area contributed by atoms with Crippen molar-refractivity contribution in [2.24, 2.45) is 26.4 Å². The lowest BCUT2D eigenvalue weighted by molar-refractivity contribution is 0.174. The molecule has 1 aromatic carbocycles. The van der Waals surface area contributed by atoms with Gasteiger partial charge in [-0.2, -0.15) is 5.10 Å². The second kappa shape index (κ2) is 11.1. The molecule has 3 rings (SSSR count). The molecule has 1 aliphatic heterocycles. The summed E-state index contributed by atoms with van der Waals surface area (Å²) in [5.74, 6) is 0.504. The molecular weight excluding hydrogens is 447 g/mol. The van der Waals surface area contributed by atoms with Crippen molar-refractivity contribution in [1.82, 2.24) is 15.1 Å². The molecular formula is C21H23FN8O2S. The van der Waals surface area contributed by atoms with Gasteiger partial charge in [0.2, 0.25) is 0 Å². The summed E-state index contributed by atoms with van der Waals surface area (Å²) in [4.78, 5) is 24.3. The van der Waals surface area contributed by atoms with E-state index in [1.807, 2.05) is 6.08 Å². The van der Waals surface area contributed by atoms with E-state index >= 15 is 0 Å². The Labute approximate surface area is 194 Å². The van der Waals surface area contributed by atoms with Gasteiger partial charge in [-0.05, 0) is 12.1 Å². The summed E-state index contributed by atoms with van der Waals surface area (Å²) in [7, 11) is 2.73. The third kappa shape index (κ3) is 5.86. The largest absolute Gasteiger partial charge is 0.453 e. The van der Waals surface area contributed by atoms with Gasteiger partial charge in [-0.3, -0.25) is 15.0 Å². The van der Waals surface area contributed by atoms with Gasteiger partial charge in [-0.15, -0.1) is 11.8 Å². The maximum Gasteiger partial charge on any atom is 0.411 e. The molecule has 2 aromatic rings. The molecule has 5 N–H and O–H groups in total. The minimum absolute atomic E-state index is 0.0476. The fraction of sp³-hybridized carbons (Fsp3) is 0.190. The molecule has 0 aliphatic carbocycles. The molecule has 0 saturated heterocycles. The van der Waals surface area contributed by atoms with Crippen LogP contribution in [0.2, 0.25) is 0 Å². The predicted octanol–water partition coefficient (Wildman–Crippen LogP) is 1.97. The Kier molecular flexibility index (Phi) is 7.97. The Morgan fingerprint density at radius 2 is 2.21 bits per heavy atom. The monoisotopic (exact) mass is 470 g/mol. The molecule has 2 heterocycles. The SMILES string of the molecule is C\N=C(/N=C(N)\C(=C\N)NC(=O)OC)c1cc(C2=NC=CCS2)n(Cc2ccccc2F)n1. The number of nitrogens with one attached hydrogen (secondary N) is 1. The number of rotatable bonds is 6. The first-order valence-electron chi connectivity index (χ1n) is 9.72. The number of carbonyl (C=O) groups excluding carboxylic acids is 1. The zero-order valence-corrected chi connectivity index (χ0v) is 18.8. The van der Waals surface area contributed by atoms with E-state index in [9.17, 15) is 9.18 Å². The summed E-state index contributed by atoms with van der Waals surface area (Å²) < 4.78 is 20.5. The highest BCUT2D eigenvalue weighted by molar-refractivity contribution is 8.14. The smallest absolute Gasteiger partial charge is 0.411 e. The zero-order chi connectivity index (χ0) is 23.8. The van der Waals surface area contributed by atoms with Crippen LogP contribution in [0, 0.1) is 5.82 Å². The zero-order valence-electron chi connectivity index (χ0n) is 18.0. The number of amides is 1. The summed E-state index contributed by atoms with van der Waals surface area (Å²) in [6.45, 7) is 0.180. The van der Waals surface area contributed by atoms with Crippen molar-refractivity contribution in [3.05, 3.63) is 77.3 Å². The standard InChI is InChI=1S/C21H23FN8O2S/c1-25-19(28-18(24)16(11-23)27-21(31)32-2)15-10-17(20-26-8-5-9-33-20)30(29-15)12-13-6-3-4-7-14(13)22/h3-8,10-11H,9,12,23H2,1-2H3,(H,27,31)(H2,24,25,28)/b16-11-. The van der Waals surface area contributed by atoms with Crippen molar-refractivity contribution in [3.63, 3.8) is 0 Å². The van der Waals surface area contributed by atoms with Crippen LogP contribution < -0.4 is 16.8 Å². The number of methoxy groups -OCH3 is 1.